The van der Waals surface area contributed by atoms with Gasteiger partial charge in [-0.1, -0.05) is 91.0 Å². The van der Waals surface area contributed by atoms with Crippen molar-refractivity contribution in [2.75, 3.05) is 0 Å². The Kier molecular flexibility index (Phi) is 4.60. The number of benzene rings is 8. The summed E-state index contributed by atoms with van der Waals surface area (Å²) >= 11 is 1.88. The van der Waals surface area contributed by atoms with Gasteiger partial charge in [0.2, 0.25) is 0 Å². The summed E-state index contributed by atoms with van der Waals surface area (Å²) in [5.74, 6) is 0. The smallest absolute Gasteiger partial charge is 0.0795 e. The minimum absolute atomic E-state index is 1.16. The highest BCUT2D eigenvalue weighted by Gasteiger charge is 2.26. The molecule has 12 aromatic rings. The van der Waals surface area contributed by atoms with Crippen molar-refractivity contribution >= 4 is 108 Å². The van der Waals surface area contributed by atoms with E-state index in [1.54, 1.807) is 0 Å². The second-order valence-corrected chi connectivity index (χ2v) is 14.1. The van der Waals surface area contributed by atoms with Gasteiger partial charge >= 0.3 is 0 Å². The van der Waals surface area contributed by atoms with E-state index >= 15 is 0 Å². The standard InChI is InChI=1S/C44H25N3S/c1-2-10-27(11-3-1)46-36-16-8-5-13-30(36)34-23-26-19-18-25-22-33-29-12-4-7-15-35(29)45-41(33)43-39(25)40(26)44(42(34)46)47(43)28-20-21-32-31-14-6-9-17-37(31)48-38(32)24-28/h1-24,45H. The van der Waals surface area contributed by atoms with Gasteiger partial charge in [0, 0.05) is 69.4 Å². The number of H-pyrrole nitrogens is 1. The van der Waals surface area contributed by atoms with Gasteiger partial charge in [-0.2, -0.15) is 0 Å². The summed E-state index contributed by atoms with van der Waals surface area (Å²) in [6.45, 7) is 0. The first-order valence-corrected chi connectivity index (χ1v) is 17.3. The van der Waals surface area contributed by atoms with Crippen LogP contribution in [-0.2, 0) is 0 Å². The first kappa shape index (κ1) is 25.0. The molecule has 4 aromatic heterocycles. The molecule has 0 saturated carbocycles. The highest BCUT2D eigenvalue weighted by molar-refractivity contribution is 7.25. The first-order valence-electron chi connectivity index (χ1n) is 16.4. The molecule has 0 aliphatic heterocycles. The Labute approximate surface area is 277 Å². The lowest BCUT2D eigenvalue weighted by Crippen LogP contribution is -1.99. The largest absolute Gasteiger partial charge is 0.353 e. The lowest BCUT2D eigenvalue weighted by molar-refractivity contribution is 1.15. The van der Waals surface area contributed by atoms with Crippen LogP contribution in [0.2, 0.25) is 0 Å². The fourth-order valence-electron chi connectivity index (χ4n) is 8.60. The zero-order valence-electron chi connectivity index (χ0n) is 25.7. The molecule has 3 nitrogen and oxygen atoms in total. The minimum Gasteiger partial charge on any atom is -0.353 e. The van der Waals surface area contributed by atoms with E-state index in [2.05, 4.69) is 160 Å². The predicted octanol–water partition coefficient (Wildman–Crippen LogP) is 12.5. The second-order valence-electron chi connectivity index (χ2n) is 13.0. The van der Waals surface area contributed by atoms with Gasteiger partial charge in [-0.3, -0.25) is 0 Å². The van der Waals surface area contributed by atoms with E-state index in [0.717, 1.165) is 11.2 Å². The molecule has 48 heavy (non-hydrogen) atoms. The van der Waals surface area contributed by atoms with Crippen molar-refractivity contribution in [2.45, 2.75) is 0 Å². The van der Waals surface area contributed by atoms with E-state index in [1.165, 1.54) is 96.5 Å². The van der Waals surface area contributed by atoms with Gasteiger partial charge in [0.25, 0.3) is 0 Å². The third-order valence-corrected chi connectivity index (χ3v) is 11.7. The first-order chi connectivity index (χ1) is 23.8. The van der Waals surface area contributed by atoms with Gasteiger partial charge < -0.3 is 14.1 Å². The van der Waals surface area contributed by atoms with Crippen LogP contribution in [0.1, 0.15) is 0 Å². The lowest BCUT2D eigenvalue weighted by atomic mass is 9.98. The van der Waals surface area contributed by atoms with E-state index in [9.17, 15) is 0 Å². The van der Waals surface area contributed by atoms with Crippen molar-refractivity contribution < 1.29 is 0 Å². The van der Waals surface area contributed by atoms with E-state index < -0.39 is 0 Å². The molecule has 0 amide bonds. The summed E-state index contributed by atoms with van der Waals surface area (Å²) in [5.41, 5.74) is 9.61. The number of aromatic amines is 1. The predicted molar refractivity (Wildman–Crippen MR) is 206 cm³/mol. The van der Waals surface area contributed by atoms with Crippen LogP contribution in [0.4, 0.5) is 0 Å². The van der Waals surface area contributed by atoms with Crippen molar-refractivity contribution in [1.29, 1.82) is 0 Å². The summed E-state index contributed by atoms with van der Waals surface area (Å²) in [4.78, 5) is 3.89. The number of thiophene rings is 1. The number of fused-ring (bicyclic) bond motifs is 11. The quantitative estimate of drug-likeness (QED) is 0.185. The number of rotatable bonds is 2. The van der Waals surface area contributed by atoms with Crippen LogP contribution in [-0.4, -0.2) is 14.1 Å². The van der Waals surface area contributed by atoms with Crippen molar-refractivity contribution in [2.24, 2.45) is 0 Å². The molecule has 0 radical (unpaired) electrons. The molecular weight excluding hydrogens is 603 g/mol. The SMILES string of the molecule is c1ccc(-n2c3ccccc3c3cc4ccc5cc6c7ccccc7[nH]c6c6c5c4c(c32)n6-c2ccc3c(c2)sc2ccccc23)cc1. The van der Waals surface area contributed by atoms with Gasteiger partial charge in [-0.05, 0) is 65.4 Å². The third kappa shape index (κ3) is 3.04. The van der Waals surface area contributed by atoms with Crippen molar-refractivity contribution in [1.82, 2.24) is 14.1 Å². The van der Waals surface area contributed by atoms with Crippen LogP contribution >= 0.6 is 11.3 Å². The molecule has 0 unspecified atom stereocenters. The minimum atomic E-state index is 1.16. The molecule has 0 spiro atoms. The van der Waals surface area contributed by atoms with Crippen LogP contribution in [0.5, 0.6) is 0 Å². The normalized spacial score (nSPS) is 12.6. The molecule has 222 valence electrons. The molecule has 0 fully saturated rings. The highest BCUT2D eigenvalue weighted by Crippen LogP contribution is 2.49. The highest BCUT2D eigenvalue weighted by atomic mass is 32.1. The Bertz CT molecular complexity index is 3280. The Morgan fingerprint density at radius 1 is 0.417 bits per heavy atom. The number of nitrogens with one attached hydrogen (secondary N) is 1. The van der Waals surface area contributed by atoms with Crippen LogP contribution < -0.4 is 0 Å². The summed E-state index contributed by atoms with van der Waals surface area (Å²) in [6, 6.07) is 53.8. The van der Waals surface area contributed by atoms with E-state index in [4.69, 9.17) is 0 Å². The summed E-state index contributed by atoms with van der Waals surface area (Å²) in [5, 5.41) is 12.8. The van der Waals surface area contributed by atoms with Gasteiger partial charge in [0.05, 0.1) is 27.6 Å². The maximum atomic E-state index is 3.89. The molecule has 0 atom stereocenters. The number of nitrogens with zero attached hydrogens (tertiary/aromatic N) is 2. The van der Waals surface area contributed by atoms with Crippen molar-refractivity contribution in [3.63, 3.8) is 0 Å². The average molecular weight is 628 g/mol. The van der Waals surface area contributed by atoms with Crippen LogP contribution in [0.25, 0.3) is 108 Å². The van der Waals surface area contributed by atoms with Gasteiger partial charge in [0.1, 0.15) is 0 Å². The van der Waals surface area contributed by atoms with Crippen LogP contribution in [0, 0.1) is 0 Å². The number of hydrogen-bond acceptors (Lipinski definition) is 1. The van der Waals surface area contributed by atoms with E-state index in [1.807, 2.05) is 11.3 Å². The van der Waals surface area contributed by atoms with E-state index in [0.29, 0.717) is 0 Å². The maximum Gasteiger partial charge on any atom is 0.0795 e. The molecule has 12 rings (SSSR count). The second kappa shape index (κ2) is 8.82. The maximum absolute atomic E-state index is 3.89. The topological polar surface area (TPSA) is 25.6 Å². The molecule has 0 aliphatic rings. The number of aromatic nitrogens is 3. The molecule has 0 saturated heterocycles. The Morgan fingerprint density at radius 2 is 1.10 bits per heavy atom. The van der Waals surface area contributed by atoms with Crippen molar-refractivity contribution in [3.8, 4) is 11.4 Å². The zero-order valence-corrected chi connectivity index (χ0v) is 26.5. The molecule has 4 heterocycles. The Balaban J connectivity index is 1.38. The Morgan fingerprint density at radius 3 is 1.98 bits per heavy atom. The lowest BCUT2D eigenvalue weighted by Gasteiger charge is -2.13. The summed E-state index contributed by atoms with van der Waals surface area (Å²) < 4.78 is 7.68. The Hall–Kier alpha value is -6.10. The zero-order chi connectivity index (χ0) is 31.1. The van der Waals surface area contributed by atoms with Crippen LogP contribution in [0.3, 0.4) is 0 Å². The molecule has 0 aliphatic carbocycles. The molecule has 4 heteroatoms. The fourth-order valence-corrected chi connectivity index (χ4v) is 9.73. The van der Waals surface area contributed by atoms with Gasteiger partial charge in [0.15, 0.2) is 0 Å². The monoisotopic (exact) mass is 627 g/mol. The number of para-hydroxylation sites is 3. The molecular formula is C44H25N3S. The molecule has 1 N–H and O–H groups in total. The van der Waals surface area contributed by atoms with Gasteiger partial charge in [-0.15, -0.1) is 11.3 Å². The average Bonchev–Trinajstić information content (AvgIpc) is 3.88. The fraction of sp³-hybridized carbons (Fsp3) is 0. The summed E-state index contributed by atoms with van der Waals surface area (Å²) in [7, 11) is 0. The summed E-state index contributed by atoms with van der Waals surface area (Å²) in [6.07, 6.45) is 0. The van der Waals surface area contributed by atoms with E-state index in [-0.39, 0.29) is 0 Å². The third-order valence-electron chi connectivity index (χ3n) is 10.5. The van der Waals surface area contributed by atoms with Crippen molar-refractivity contribution in [3.05, 3.63) is 146 Å². The van der Waals surface area contributed by atoms with Gasteiger partial charge in [-0.25, -0.2) is 0 Å². The molecule has 0 bridgehead atoms. The molecule has 8 aromatic carbocycles. The number of hydrogen-bond donors (Lipinski definition) is 1. The van der Waals surface area contributed by atoms with Crippen LogP contribution in [0.15, 0.2) is 146 Å².